The second-order valence-corrected chi connectivity index (χ2v) is 10.3. The van der Waals surface area contributed by atoms with E-state index in [9.17, 15) is 9.59 Å². The van der Waals surface area contributed by atoms with Crippen LogP contribution in [-0.4, -0.2) is 37.1 Å². The van der Waals surface area contributed by atoms with Crippen LogP contribution in [0.15, 0.2) is 60.8 Å². The fraction of sp³-hybridized carbons (Fsp3) is 0.250. The number of thiophene rings is 1. The number of hydrogen-bond donors (Lipinski definition) is 2. The van der Waals surface area contributed by atoms with Crippen molar-refractivity contribution in [2.75, 3.05) is 35.3 Å². The van der Waals surface area contributed by atoms with Crippen LogP contribution in [0.1, 0.15) is 18.4 Å². The van der Waals surface area contributed by atoms with Crippen molar-refractivity contribution in [2.45, 2.75) is 19.8 Å². The maximum absolute atomic E-state index is 13.5. The Balaban J connectivity index is 1.36. The van der Waals surface area contributed by atoms with Gasteiger partial charge in [0.2, 0.25) is 5.91 Å². The number of anilines is 4. The van der Waals surface area contributed by atoms with Crippen molar-refractivity contribution in [3.05, 3.63) is 66.4 Å². The molecule has 0 unspecified atom stereocenters. The average Bonchev–Trinajstić information content (AvgIpc) is 3.29. The summed E-state index contributed by atoms with van der Waals surface area (Å²) in [5.74, 6) is 1.50. The summed E-state index contributed by atoms with van der Waals surface area (Å²) in [5.41, 5.74) is 3.04. The number of para-hydroxylation sites is 1. The first kappa shape index (κ1) is 23.4. The molecule has 0 atom stereocenters. The van der Waals surface area contributed by atoms with Gasteiger partial charge in [-0.2, -0.15) is 0 Å². The monoisotopic (exact) mass is 513 g/mol. The molecular formula is C28H27N5O3S. The van der Waals surface area contributed by atoms with Crippen molar-refractivity contribution in [2.24, 2.45) is 5.92 Å². The van der Waals surface area contributed by atoms with Gasteiger partial charge >= 0.3 is 6.03 Å². The largest absolute Gasteiger partial charge is 0.457 e. The van der Waals surface area contributed by atoms with E-state index < -0.39 is 0 Å². The molecule has 8 nitrogen and oxygen atoms in total. The molecule has 4 heterocycles. The average molecular weight is 514 g/mol. The van der Waals surface area contributed by atoms with Gasteiger partial charge in [0, 0.05) is 19.2 Å². The van der Waals surface area contributed by atoms with Crippen molar-refractivity contribution in [1.29, 1.82) is 0 Å². The molecule has 2 aliphatic heterocycles. The number of carbonyl (C=O) groups excluding carboxylic acids is 2. The predicted molar refractivity (Wildman–Crippen MR) is 147 cm³/mol. The van der Waals surface area contributed by atoms with Crippen molar-refractivity contribution in [3.63, 3.8) is 0 Å². The number of rotatable bonds is 5. The molecule has 0 bridgehead atoms. The van der Waals surface area contributed by atoms with Gasteiger partial charge in [-0.05, 0) is 74.8 Å². The number of aryl methyl sites for hydroxylation is 1. The van der Waals surface area contributed by atoms with E-state index >= 15 is 0 Å². The van der Waals surface area contributed by atoms with Gasteiger partial charge in [0.15, 0.2) is 0 Å². The second-order valence-electron chi connectivity index (χ2n) is 9.34. The van der Waals surface area contributed by atoms with Crippen LogP contribution >= 0.6 is 11.3 Å². The highest BCUT2D eigenvalue weighted by molar-refractivity contribution is 7.23. The van der Waals surface area contributed by atoms with Crippen LogP contribution in [0.25, 0.3) is 10.2 Å². The third-order valence-electron chi connectivity index (χ3n) is 6.94. The van der Waals surface area contributed by atoms with E-state index in [1.807, 2.05) is 61.5 Å². The van der Waals surface area contributed by atoms with E-state index in [0.717, 1.165) is 63.8 Å². The molecule has 0 spiro atoms. The molecule has 6 rings (SSSR count). The molecule has 2 aliphatic rings. The number of nitrogens with one attached hydrogen (secondary N) is 2. The van der Waals surface area contributed by atoms with Crippen LogP contribution in [0.5, 0.6) is 11.5 Å². The number of piperidine rings is 1. The topological polar surface area (TPSA) is 86.8 Å². The van der Waals surface area contributed by atoms with Gasteiger partial charge in [-0.1, -0.05) is 29.5 Å². The maximum atomic E-state index is 13.5. The molecule has 2 N–H and O–H groups in total. The molecule has 188 valence electrons. The minimum Gasteiger partial charge on any atom is -0.457 e. The Morgan fingerprint density at radius 3 is 2.62 bits per heavy atom. The Labute approximate surface area is 218 Å². The number of hydrogen-bond acceptors (Lipinski definition) is 6. The first-order valence-corrected chi connectivity index (χ1v) is 13.2. The van der Waals surface area contributed by atoms with E-state index in [1.165, 1.54) is 11.3 Å². The van der Waals surface area contributed by atoms with Crippen LogP contribution in [0, 0.1) is 12.8 Å². The van der Waals surface area contributed by atoms with E-state index in [1.54, 1.807) is 23.0 Å². The summed E-state index contributed by atoms with van der Waals surface area (Å²) in [7, 11) is 1.79. The standard InChI is InChI=1S/C28H27N5O3S/c1-17-16-20(36-19-6-4-3-5-7-19)8-9-21(17)33-22-12-15-30-25-23(22)24(31-28(33)35)27(37-25)32(2)26(34)18-10-13-29-14-11-18/h3-9,12,15-16,18,29H,10-11,13-14H2,1-2H3,(H,31,35). The molecule has 0 radical (unpaired) electrons. The molecule has 1 saturated heterocycles. The molecule has 37 heavy (non-hydrogen) atoms. The summed E-state index contributed by atoms with van der Waals surface area (Å²) in [4.78, 5) is 35.5. The van der Waals surface area contributed by atoms with Gasteiger partial charge in [0.05, 0.1) is 22.4 Å². The number of ether oxygens (including phenoxy) is 1. The summed E-state index contributed by atoms with van der Waals surface area (Å²) in [6.07, 6.45) is 3.34. The zero-order valence-electron chi connectivity index (χ0n) is 20.7. The lowest BCUT2D eigenvalue weighted by Crippen LogP contribution is -2.39. The van der Waals surface area contributed by atoms with Crippen molar-refractivity contribution >= 4 is 55.6 Å². The lowest BCUT2D eigenvalue weighted by Gasteiger charge is -2.31. The highest BCUT2D eigenvalue weighted by Crippen LogP contribution is 2.50. The maximum Gasteiger partial charge on any atom is 0.331 e. The summed E-state index contributed by atoms with van der Waals surface area (Å²) in [6.45, 7) is 3.64. The number of aromatic nitrogens is 1. The Morgan fingerprint density at radius 2 is 1.86 bits per heavy atom. The first-order chi connectivity index (χ1) is 18.0. The lowest BCUT2D eigenvalue weighted by molar-refractivity contribution is -0.122. The fourth-order valence-electron chi connectivity index (χ4n) is 5.05. The molecular weight excluding hydrogens is 486 g/mol. The Morgan fingerprint density at radius 1 is 1.08 bits per heavy atom. The number of amides is 3. The molecule has 0 saturated carbocycles. The smallest absolute Gasteiger partial charge is 0.331 e. The molecule has 0 aliphatic carbocycles. The molecule has 2 aromatic carbocycles. The number of carbonyl (C=O) groups is 2. The highest BCUT2D eigenvalue weighted by Gasteiger charge is 2.34. The summed E-state index contributed by atoms with van der Waals surface area (Å²) in [5, 5.41) is 7.93. The zero-order valence-corrected chi connectivity index (χ0v) is 21.5. The molecule has 1 fully saturated rings. The van der Waals surface area contributed by atoms with Crippen molar-refractivity contribution in [3.8, 4) is 11.5 Å². The normalized spacial score (nSPS) is 15.5. The quantitative estimate of drug-likeness (QED) is 0.340. The van der Waals surface area contributed by atoms with Gasteiger partial charge in [-0.3, -0.25) is 9.69 Å². The summed E-state index contributed by atoms with van der Waals surface area (Å²) >= 11 is 1.43. The molecule has 2 aromatic heterocycles. The van der Waals surface area contributed by atoms with Gasteiger partial charge in [-0.25, -0.2) is 9.78 Å². The van der Waals surface area contributed by atoms with Gasteiger partial charge < -0.3 is 20.3 Å². The fourth-order valence-corrected chi connectivity index (χ4v) is 6.14. The number of pyridine rings is 1. The van der Waals surface area contributed by atoms with Crippen LogP contribution in [0.4, 0.5) is 26.9 Å². The first-order valence-electron chi connectivity index (χ1n) is 12.4. The van der Waals surface area contributed by atoms with Gasteiger partial charge in [0.1, 0.15) is 21.3 Å². The van der Waals surface area contributed by atoms with Crippen LogP contribution in [0.2, 0.25) is 0 Å². The Hall–Kier alpha value is -3.95. The summed E-state index contributed by atoms with van der Waals surface area (Å²) in [6, 6.07) is 16.8. The van der Waals surface area contributed by atoms with Crippen molar-refractivity contribution < 1.29 is 14.3 Å². The van der Waals surface area contributed by atoms with Crippen LogP contribution < -0.4 is 25.2 Å². The van der Waals surface area contributed by atoms with E-state index in [4.69, 9.17) is 4.74 Å². The second kappa shape index (κ2) is 9.49. The van der Waals surface area contributed by atoms with Crippen LogP contribution in [-0.2, 0) is 4.79 Å². The SMILES string of the molecule is Cc1cc(Oc2ccccc2)ccc1N1C(=O)Nc2c(N(C)C(=O)C3CCNCC3)sc3nccc1c23. The Kier molecular flexibility index (Phi) is 6.02. The third kappa shape index (κ3) is 4.20. The number of urea groups is 1. The minimum atomic E-state index is -0.276. The summed E-state index contributed by atoms with van der Waals surface area (Å²) < 4.78 is 5.98. The third-order valence-corrected chi connectivity index (χ3v) is 8.11. The van der Waals surface area contributed by atoms with Crippen LogP contribution in [0.3, 0.4) is 0 Å². The molecule has 9 heteroatoms. The van der Waals surface area contributed by atoms with Crippen molar-refractivity contribution in [1.82, 2.24) is 10.3 Å². The highest BCUT2D eigenvalue weighted by atomic mass is 32.1. The lowest BCUT2D eigenvalue weighted by atomic mass is 9.97. The number of nitrogens with zero attached hydrogens (tertiary/aromatic N) is 3. The predicted octanol–water partition coefficient (Wildman–Crippen LogP) is 6.04. The minimum absolute atomic E-state index is 0.0221. The van der Waals surface area contributed by atoms with E-state index in [-0.39, 0.29) is 17.9 Å². The van der Waals surface area contributed by atoms with Gasteiger partial charge in [0.25, 0.3) is 0 Å². The van der Waals surface area contributed by atoms with E-state index in [2.05, 4.69) is 15.6 Å². The molecule has 3 amide bonds. The Bertz CT molecular complexity index is 1500. The van der Waals surface area contributed by atoms with E-state index in [0.29, 0.717) is 11.4 Å². The van der Waals surface area contributed by atoms with Gasteiger partial charge in [-0.15, -0.1) is 0 Å². The molecule has 4 aromatic rings. The number of benzene rings is 2. The zero-order chi connectivity index (χ0) is 25.5.